The van der Waals surface area contributed by atoms with E-state index in [2.05, 4.69) is 5.32 Å². The summed E-state index contributed by atoms with van der Waals surface area (Å²) in [5, 5.41) is 32.5. The Bertz CT molecular complexity index is 720. The van der Waals surface area contributed by atoms with Gasteiger partial charge in [0.25, 0.3) is 0 Å². The molecular formula is C17H20N4O4. The molecule has 8 heteroatoms. The zero-order valence-corrected chi connectivity index (χ0v) is 13.7. The Morgan fingerprint density at radius 3 is 2.72 bits per heavy atom. The lowest BCUT2D eigenvalue weighted by molar-refractivity contribution is -0.384. The normalized spacial score (nSPS) is 22.1. The van der Waals surface area contributed by atoms with Crippen LogP contribution in [0.1, 0.15) is 31.2 Å². The number of carbonyl (C=O) groups is 1. The van der Waals surface area contributed by atoms with Crippen LogP contribution in [0.5, 0.6) is 0 Å². The van der Waals surface area contributed by atoms with Crippen molar-refractivity contribution in [1.29, 1.82) is 5.26 Å². The summed E-state index contributed by atoms with van der Waals surface area (Å²) in [7, 11) is 0. The molecule has 0 amide bonds. The van der Waals surface area contributed by atoms with Crippen LogP contribution in [0, 0.1) is 27.4 Å². The number of aliphatic carboxylic acids is 1. The van der Waals surface area contributed by atoms with E-state index in [0.29, 0.717) is 11.6 Å². The average Bonchev–Trinajstić information content (AvgIpc) is 3.32. The van der Waals surface area contributed by atoms with Gasteiger partial charge in [0.2, 0.25) is 0 Å². The van der Waals surface area contributed by atoms with Crippen LogP contribution in [0.25, 0.3) is 0 Å². The molecule has 0 unspecified atom stereocenters. The first-order valence-corrected chi connectivity index (χ1v) is 8.37. The summed E-state index contributed by atoms with van der Waals surface area (Å²) in [5.74, 6) is -0.214. The molecule has 0 bridgehead atoms. The average molecular weight is 344 g/mol. The minimum atomic E-state index is -0.825. The summed E-state index contributed by atoms with van der Waals surface area (Å²) in [6, 6.07) is 6.73. The molecule has 3 rings (SSSR count). The van der Waals surface area contributed by atoms with Crippen LogP contribution in [-0.4, -0.2) is 46.1 Å². The molecule has 0 radical (unpaired) electrons. The maximum absolute atomic E-state index is 11.3. The predicted octanol–water partition coefficient (Wildman–Crippen LogP) is 2.21. The number of nitro benzene ring substituents is 1. The van der Waals surface area contributed by atoms with Crippen LogP contribution >= 0.6 is 0 Å². The van der Waals surface area contributed by atoms with E-state index in [9.17, 15) is 14.9 Å². The maximum atomic E-state index is 11.3. The third-order valence-electron chi connectivity index (χ3n) is 4.86. The van der Waals surface area contributed by atoms with Crippen LogP contribution in [0.15, 0.2) is 18.2 Å². The highest BCUT2D eigenvalue weighted by Gasteiger charge is 2.38. The van der Waals surface area contributed by atoms with E-state index >= 15 is 0 Å². The van der Waals surface area contributed by atoms with E-state index in [0.717, 1.165) is 32.2 Å². The molecule has 0 heterocycles. The molecule has 0 saturated heterocycles. The number of hydrogen-bond donors (Lipinski definition) is 2. The van der Waals surface area contributed by atoms with Gasteiger partial charge in [-0.1, -0.05) is 6.07 Å². The largest absolute Gasteiger partial charge is 0.480 e. The summed E-state index contributed by atoms with van der Waals surface area (Å²) >= 11 is 0. The summed E-state index contributed by atoms with van der Waals surface area (Å²) in [6.07, 6.45) is 3.82. The van der Waals surface area contributed by atoms with E-state index in [4.69, 9.17) is 10.4 Å². The Labute approximate surface area is 145 Å². The van der Waals surface area contributed by atoms with Gasteiger partial charge >= 0.3 is 11.7 Å². The molecule has 8 nitrogen and oxygen atoms in total. The number of hydrogen-bond acceptors (Lipinski definition) is 6. The number of nitrogens with zero attached hydrogens (tertiary/aromatic N) is 3. The molecule has 132 valence electrons. The second kappa shape index (κ2) is 7.07. The second-order valence-corrected chi connectivity index (χ2v) is 6.80. The number of nitrogens with one attached hydrogen (secondary N) is 1. The third kappa shape index (κ3) is 4.06. The van der Waals surface area contributed by atoms with Crippen molar-refractivity contribution < 1.29 is 14.8 Å². The summed E-state index contributed by atoms with van der Waals surface area (Å²) in [6.45, 7) is 0.853. The van der Waals surface area contributed by atoms with E-state index in [1.807, 2.05) is 11.0 Å². The highest BCUT2D eigenvalue weighted by atomic mass is 16.6. The van der Waals surface area contributed by atoms with Crippen LogP contribution in [0.3, 0.4) is 0 Å². The van der Waals surface area contributed by atoms with Crippen LogP contribution in [0.4, 0.5) is 11.4 Å². The van der Waals surface area contributed by atoms with Crippen LogP contribution < -0.4 is 5.32 Å². The van der Waals surface area contributed by atoms with Gasteiger partial charge in [0.05, 0.1) is 11.5 Å². The van der Waals surface area contributed by atoms with Gasteiger partial charge in [-0.05, 0) is 43.7 Å². The number of benzene rings is 1. The fraction of sp³-hybridized carbons (Fsp3) is 0.529. The Hall–Kier alpha value is -2.66. The number of carboxylic acid groups (broad SMARTS) is 1. The Morgan fingerprint density at radius 1 is 1.44 bits per heavy atom. The highest BCUT2D eigenvalue weighted by Crippen LogP contribution is 2.36. The van der Waals surface area contributed by atoms with E-state index in [1.165, 1.54) is 6.07 Å². The smallest absolute Gasteiger partial charge is 0.317 e. The fourth-order valence-corrected chi connectivity index (χ4v) is 3.32. The van der Waals surface area contributed by atoms with Crippen molar-refractivity contribution in [3.63, 3.8) is 0 Å². The van der Waals surface area contributed by atoms with E-state index in [1.54, 1.807) is 12.1 Å². The monoisotopic (exact) mass is 344 g/mol. The van der Waals surface area contributed by atoms with Crippen LogP contribution in [0.2, 0.25) is 0 Å². The standard InChI is InChI=1S/C17H20N4O4/c18-8-12-2-1-3-15(17(12)21(24)25)19-13-6-14(7-13)20(10-16(22)23)9-11-4-5-11/h1-3,11,13-14,19H,4-7,9-10H2,(H,22,23). The number of nitro groups is 1. The molecule has 2 saturated carbocycles. The van der Waals surface area contributed by atoms with E-state index < -0.39 is 10.9 Å². The zero-order chi connectivity index (χ0) is 18.0. The molecule has 2 aliphatic carbocycles. The minimum absolute atomic E-state index is 0.0344. The lowest BCUT2D eigenvalue weighted by Crippen LogP contribution is -2.52. The van der Waals surface area contributed by atoms with Gasteiger partial charge in [-0.15, -0.1) is 0 Å². The Kier molecular flexibility index (Phi) is 4.86. The first-order chi connectivity index (χ1) is 12.0. The molecule has 2 fully saturated rings. The first-order valence-electron chi connectivity index (χ1n) is 8.37. The molecule has 25 heavy (non-hydrogen) atoms. The SMILES string of the molecule is N#Cc1cccc(NC2CC(N(CC(=O)O)CC3CC3)C2)c1[N+](=O)[O-]. The van der Waals surface area contributed by atoms with Gasteiger partial charge in [0.15, 0.2) is 0 Å². The Balaban J connectivity index is 1.62. The number of nitriles is 1. The minimum Gasteiger partial charge on any atom is -0.480 e. The summed E-state index contributed by atoms with van der Waals surface area (Å²) in [5.41, 5.74) is 0.181. The number of para-hydroxylation sites is 1. The number of carboxylic acids is 1. The fourth-order valence-electron chi connectivity index (χ4n) is 3.32. The molecular weight excluding hydrogens is 324 g/mol. The molecule has 2 N–H and O–H groups in total. The van der Waals surface area contributed by atoms with Crippen molar-refractivity contribution in [1.82, 2.24) is 4.90 Å². The molecule has 1 aromatic carbocycles. The van der Waals surface area contributed by atoms with Gasteiger partial charge < -0.3 is 10.4 Å². The third-order valence-corrected chi connectivity index (χ3v) is 4.86. The quantitative estimate of drug-likeness (QED) is 0.548. The second-order valence-electron chi connectivity index (χ2n) is 6.80. The van der Waals surface area contributed by atoms with Gasteiger partial charge in [-0.2, -0.15) is 5.26 Å². The molecule has 0 aliphatic heterocycles. The Morgan fingerprint density at radius 2 is 2.16 bits per heavy atom. The molecule has 1 aromatic rings. The lowest BCUT2D eigenvalue weighted by atomic mass is 9.85. The molecule has 0 spiro atoms. The van der Waals surface area contributed by atoms with Gasteiger partial charge in [-0.3, -0.25) is 19.8 Å². The van der Waals surface area contributed by atoms with Crippen molar-refractivity contribution in [2.24, 2.45) is 5.92 Å². The van der Waals surface area contributed by atoms with Crippen molar-refractivity contribution in [2.45, 2.75) is 37.8 Å². The van der Waals surface area contributed by atoms with Crippen molar-refractivity contribution in [2.75, 3.05) is 18.4 Å². The lowest BCUT2D eigenvalue weighted by Gasteiger charge is -2.43. The van der Waals surface area contributed by atoms with Crippen molar-refractivity contribution in [3.05, 3.63) is 33.9 Å². The summed E-state index contributed by atoms with van der Waals surface area (Å²) in [4.78, 5) is 23.8. The topological polar surface area (TPSA) is 120 Å². The van der Waals surface area contributed by atoms with E-state index in [-0.39, 0.29) is 29.9 Å². The van der Waals surface area contributed by atoms with Gasteiger partial charge in [-0.25, -0.2) is 0 Å². The van der Waals surface area contributed by atoms with Gasteiger partial charge in [0, 0.05) is 18.6 Å². The summed E-state index contributed by atoms with van der Waals surface area (Å²) < 4.78 is 0. The predicted molar refractivity (Wildman–Crippen MR) is 90.2 cm³/mol. The number of anilines is 1. The van der Waals surface area contributed by atoms with Crippen molar-refractivity contribution >= 4 is 17.3 Å². The zero-order valence-electron chi connectivity index (χ0n) is 13.7. The molecule has 0 aromatic heterocycles. The molecule has 0 atom stereocenters. The van der Waals surface area contributed by atoms with Crippen molar-refractivity contribution in [3.8, 4) is 6.07 Å². The van der Waals surface area contributed by atoms with Gasteiger partial charge in [0.1, 0.15) is 17.3 Å². The number of rotatable bonds is 8. The van der Waals surface area contributed by atoms with Crippen LogP contribution in [-0.2, 0) is 4.79 Å². The highest BCUT2D eigenvalue weighted by molar-refractivity contribution is 5.70. The first kappa shape index (κ1) is 17.2. The maximum Gasteiger partial charge on any atom is 0.317 e. The molecule has 2 aliphatic rings.